The molecule has 22 heavy (non-hydrogen) atoms. The summed E-state index contributed by atoms with van der Waals surface area (Å²) in [5.74, 6) is 0. The molecule has 0 fully saturated rings. The van der Waals surface area contributed by atoms with E-state index in [1.807, 2.05) is 6.92 Å². The maximum absolute atomic E-state index is 12.1. The van der Waals surface area contributed by atoms with Gasteiger partial charge in [-0.2, -0.15) is 0 Å². The van der Waals surface area contributed by atoms with E-state index in [0.717, 1.165) is 19.1 Å². The Labute approximate surface area is 137 Å². The van der Waals surface area contributed by atoms with Crippen molar-refractivity contribution in [1.82, 2.24) is 9.03 Å². The fraction of sp³-hybridized carbons (Fsp3) is 0.538. The highest BCUT2D eigenvalue weighted by atomic mass is 35.5. The molecule has 0 amide bonds. The minimum absolute atomic E-state index is 0.0156. The second-order valence-electron chi connectivity index (χ2n) is 4.87. The summed E-state index contributed by atoms with van der Waals surface area (Å²) in [5, 5.41) is 0.446. The molecule has 0 atom stereocenters. The zero-order valence-electron chi connectivity index (χ0n) is 12.6. The maximum atomic E-state index is 12.1. The van der Waals surface area contributed by atoms with Crippen LogP contribution in [-0.2, 0) is 20.0 Å². The lowest BCUT2D eigenvalue weighted by molar-refractivity contribution is 0.408. The van der Waals surface area contributed by atoms with Crippen LogP contribution in [0.5, 0.6) is 0 Å². The molecular formula is C13H21ClN2O4S2. The Kier molecular flexibility index (Phi) is 7.27. The third kappa shape index (κ3) is 6.21. The number of nitrogens with one attached hydrogen (secondary N) is 1. The summed E-state index contributed by atoms with van der Waals surface area (Å²) in [6, 6.07) is 5.77. The summed E-state index contributed by atoms with van der Waals surface area (Å²) < 4.78 is 51.1. The van der Waals surface area contributed by atoms with Crippen molar-refractivity contribution in [3.63, 3.8) is 0 Å². The van der Waals surface area contributed by atoms with Crippen molar-refractivity contribution in [2.45, 2.75) is 24.7 Å². The van der Waals surface area contributed by atoms with Crippen LogP contribution in [0.4, 0.5) is 0 Å². The Hall–Kier alpha value is -0.670. The summed E-state index contributed by atoms with van der Waals surface area (Å²) >= 11 is 5.72. The predicted molar refractivity (Wildman–Crippen MR) is 88.0 cm³/mol. The molecule has 0 saturated heterocycles. The fourth-order valence-corrected chi connectivity index (χ4v) is 3.81. The van der Waals surface area contributed by atoms with E-state index in [1.54, 1.807) is 0 Å². The number of hydrogen-bond acceptors (Lipinski definition) is 4. The Morgan fingerprint density at radius 3 is 2.18 bits per heavy atom. The number of rotatable bonds is 9. The highest BCUT2D eigenvalue weighted by molar-refractivity contribution is 7.89. The van der Waals surface area contributed by atoms with Crippen molar-refractivity contribution in [2.75, 3.05) is 25.9 Å². The number of benzene rings is 1. The second kappa shape index (κ2) is 8.26. The summed E-state index contributed by atoms with van der Waals surface area (Å²) in [4.78, 5) is 0.0939. The molecule has 1 rings (SSSR count). The molecule has 1 N–H and O–H groups in total. The topological polar surface area (TPSA) is 83.6 Å². The van der Waals surface area contributed by atoms with Gasteiger partial charge in [0.1, 0.15) is 0 Å². The Bertz CT molecular complexity index is 672. The molecule has 6 nitrogen and oxygen atoms in total. The molecule has 0 saturated carbocycles. The molecular weight excluding hydrogens is 348 g/mol. The largest absolute Gasteiger partial charge is 0.240 e. The predicted octanol–water partition coefficient (Wildman–Crippen LogP) is 1.68. The van der Waals surface area contributed by atoms with E-state index in [4.69, 9.17) is 11.6 Å². The van der Waals surface area contributed by atoms with Crippen molar-refractivity contribution in [3.8, 4) is 0 Å². The highest BCUT2D eigenvalue weighted by Gasteiger charge is 2.18. The first kappa shape index (κ1) is 19.4. The Balaban J connectivity index is 2.65. The Morgan fingerprint density at radius 1 is 1.09 bits per heavy atom. The molecule has 1 aromatic rings. The third-order valence-electron chi connectivity index (χ3n) is 3.01. The molecule has 0 aliphatic heterocycles. The van der Waals surface area contributed by atoms with Crippen LogP contribution in [-0.4, -0.2) is 47.0 Å². The highest BCUT2D eigenvalue weighted by Crippen LogP contribution is 2.13. The monoisotopic (exact) mass is 368 g/mol. The van der Waals surface area contributed by atoms with Crippen molar-refractivity contribution in [3.05, 3.63) is 29.3 Å². The van der Waals surface area contributed by atoms with Crippen LogP contribution in [0.3, 0.4) is 0 Å². The van der Waals surface area contributed by atoms with Gasteiger partial charge >= 0.3 is 0 Å². The summed E-state index contributed by atoms with van der Waals surface area (Å²) in [5.41, 5.74) is 0. The van der Waals surface area contributed by atoms with Crippen molar-refractivity contribution < 1.29 is 16.8 Å². The van der Waals surface area contributed by atoms with Gasteiger partial charge in [-0.15, -0.1) is 0 Å². The van der Waals surface area contributed by atoms with E-state index in [-0.39, 0.29) is 18.0 Å². The maximum Gasteiger partial charge on any atom is 0.240 e. The number of unbranched alkanes of at least 4 members (excludes halogenated alkanes) is 1. The zero-order valence-corrected chi connectivity index (χ0v) is 15.0. The van der Waals surface area contributed by atoms with E-state index in [0.29, 0.717) is 11.6 Å². The standard InChI is InChI=1S/C13H21ClN2O4S2/c1-3-4-10-16(21(2,17)18)11-9-15-22(19,20)13-7-5-12(14)6-8-13/h5-8,15H,3-4,9-11H2,1-2H3. The van der Waals surface area contributed by atoms with Gasteiger partial charge in [0.15, 0.2) is 0 Å². The molecule has 0 aliphatic rings. The zero-order chi connectivity index (χ0) is 16.8. The molecule has 0 radical (unpaired) electrons. The van der Waals surface area contributed by atoms with E-state index < -0.39 is 20.0 Å². The molecule has 0 unspecified atom stereocenters. The lowest BCUT2D eigenvalue weighted by atomic mass is 10.3. The first-order valence-corrected chi connectivity index (χ1v) is 10.6. The number of hydrogen-bond donors (Lipinski definition) is 1. The molecule has 9 heteroatoms. The van der Waals surface area contributed by atoms with Crippen molar-refractivity contribution in [1.29, 1.82) is 0 Å². The van der Waals surface area contributed by atoms with Gasteiger partial charge < -0.3 is 0 Å². The Morgan fingerprint density at radius 2 is 1.68 bits per heavy atom. The SMILES string of the molecule is CCCCN(CCNS(=O)(=O)c1ccc(Cl)cc1)S(C)(=O)=O. The van der Waals surface area contributed by atoms with Crippen LogP contribution in [0.25, 0.3) is 0 Å². The molecule has 0 aromatic heterocycles. The quantitative estimate of drug-likeness (QED) is 0.718. The van der Waals surface area contributed by atoms with Gasteiger partial charge in [-0.1, -0.05) is 24.9 Å². The number of sulfonamides is 2. The van der Waals surface area contributed by atoms with Gasteiger partial charge in [0, 0.05) is 24.7 Å². The fourth-order valence-electron chi connectivity index (χ4n) is 1.78. The molecule has 126 valence electrons. The first-order chi connectivity index (χ1) is 10.2. The van der Waals surface area contributed by atoms with E-state index in [1.165, 1.54) is 28.6 Å². The first-order valence-electron chi connectivity index (χ1n) is 6.87. The average Bonchev–Trinajstić information content (AvgIpc) is 2.41. The van der Waals surface area contributed by atoms with Crippen molar-refractivity contribution >= 4 is 31.6 Å². The van der Waals surface area contributed by atoms with Gasteiger partial charge in [0.2, 0.25) is 20.0 Å². The molecule has 0 aliphatic carbocycles. The van der Waals surface area contributed by atoms with E-state index in [9.17, 15) is 16.8 Å². The summed E-state index contributed by atoms with van der Waals surface area (Å²) in [6.07, 6.45) is 2.72. The third-order valence-corrected chi connectivity index (χ3v) is 6.04. The number of nitrogens with zero attached hydrogens (tertiary/aromatic N) is 1. The van der Waals surface area contributed by atoms with Gasteiger partial charge in [-0.3, -0.25) is 0 Å². The van der Waals surface area contributed by atoms with Gasteiger partial charge in [-0.05, 0) is 30.7 Å². The number of halogens is 1. The van der Waals surface area contributed by atoms with Crippen LogP contribution >= 0.6 is 11.6 Å². The minimum Gasteiger partial charge on any atom is -0.213 e. The summed E-state index contributed by atoms with van der Waals surface area (Å²) in [6.45, 7) is 2.47. The molecule has 0 bridgehead atoms. The van der Waals surface area contributed by atoms with E-state index in [2.05, 4.69) is 4.72 Å². The normalized spacial score (nSPS) is 12.7. The van der Waals surface area contributed by atoms with Crippen LogP contribution in [0, 0.1) is 0 Å². The summed E-state index contributed by atoms with van der Waals surface area (Å²) in [7, 11) is -7.01. The van der Waals surface area contributed by atoms with Crippen LogP contribution in [0.1, 0.15) is 19.8 Å². The van der Waals surface area contributed by atoms with E-state index >= 15 is 0 Å². The molecule has 0 spiro atoms. The van der Waals surface area contributed by atoms with Crippen LogP contribution < -0.4 is 4.72 Å². The second-order valence-corrected chi connectivity index (χ2v) is 9.05. The average molecular weight is 369 g/mol. The van der Waals surface area contributed by atoms with Crippen LogP contribution in [0.2, 0.25) is 5.02 Å². The lowest BCUT2D eigenvalue weighted by Crippen LogP contribution is -2.38. The van der Waals surface area contributed by atoms with Crippen LogP contribution in [0.15, 0.2) is 29.2 Å². The minimum atomic E-state index is -3.67. The van der Waals surface area contributed by atoms with Gasteiger partial charge in [-0.25, -0.2) is 25.9 Å². The lowest BCUT2D eigenvalue weighted by Gasteiger charge is -2.19. The molecule has 1 aromatic carbocycles. The van der Waals surface area contributed by atoms with Gasteiger partial charge in [0.25, 0.3) is 0 Å². The smallest absolute Gasteiger partial charge is 0.213 e. The van der Waals surface area contributed by atoms with Crippen molar-refractivity contribution in [2.24, 2.45) is 0 Å². The van der Waals surface area contributed by atoms with Gasteiger partial charge in [0.05, 0.1) is 11.2 Å². The molecule has 0 heterocycles.